The van der Waals surface area contributed by atoms with Crippen LogP contribution in [0.3, 0.4) is 0 Å². The van der Waals surface area contributed by atoms with Crippen LogP contribution in [-0.2, 0) is 10.2 Å². The maximum Gasteiger partial charge on any atom is 0.303 e. The zero-order valence-electron chi connectivity index (χ0n) is 11.9. The van der Waals surface area contributed by atoms with Crippen molar-refractivity contribution in [2.24, 2.45) is 0 Å². The molecule has 5 nitrogen and oxygen atoms in total. The van der Waals surface area contributed by atoms with Crippen molar-refractivity contribution in [3.05, 3.63) is 35.7 Å². The number of hydrogen-bond donors (Lipinski definition) is 0. The van der Waals surface area contributed by atoms with Crippen LogP contribution in [0.1, 0.15) is 29.4 Å². The second-order valence-corrected chi connectivity index (χ2v) is 7.64. The van der Waals surface area contributed by atoms with Crippen molar-refractivity contribution >= 4 is 21.3 Å². The topological polar surface area (TPSA) is 63.2 Å². The van der Waals surface area contributed by atoms with Gasteiger partial charge in [-0.1, -0.05) is 0 Å². The van der Waals surface area contributed by atoms with Crippen LogP contribution in [0, 0.1) is 0 Å². The molecular formula is C15H16FN3O2S. The van der Waals surface area contributed by atoms with E-state index in [0.717, 1.165) is 30.5 Å². The molecule has 7 heteroatoms. The third-order valence-electron chi connectivity index (χ3n) is 4.73. The van der Waals surface area contributed by atoms with E-state index in [9.17, 15) is 12.3 Å². The highest BCUT2D eigenvalue weighted by atomic mass is 32.3. The van der Waals surface area contributed by atoms with Gasteiger partial charge in [0.1, 0.15) is 0 Å². The van der Waals surface area contributed by atoms with Crippen molar-refractivity contribution < 1.29 is 12.3 Å². The third kappa shape index (κ3) is 2.48. The Bertz CT molecular complexity index is 789. The molecular weight excluding hydrogens is 305 g/mol. The number of likely N-dealkylation sites (tertiary alicyclic amines) is 1. The van der Waals surface area contributed by atoms with Gasteiger partial charge >= 0.3 is 10.2 Å². The maximum absolute atomic E-state index is 12.7. The number of aromatic nitrogens is 2. The number of rotatable bonds is 3. The predicted octanol–water partition coefficient (Wildman–Crippen LogP) is 1.82. The highest BCUT2D eigenvalue weighted by Crippen LogP contribution is 2.46. The van der Waals surface area contributed by atoms with Crippen LogP contribution in [0.5, 0.6) is 0 Å². The van der Waals surface area contributed by atoms with E-state index >= 15 is 0 Å². The average molecular weight is 321 g/mol. The van der Waals surface area contributed by atoms with E-state index in [-0.39, 0.29) is 6.54 Å². The van der Waals surface area contributed by atoms with Gasteiger partial charge in [-0.05, 0) is 41.5 Å². The Balaban J connectivity index is 1.63. The first-order chi connectivity index (χ1) is 10.5. The summed E-state index contributed by atoms with van der Waals surface area (Å²) >= 11 is 0. The number of halogens is 1. The minimum atomic E-state index is -4.40. The molecule has 1 aliphatic carbocycles. The number of nitrogens with zero attached hydrogens (tertiary/aromatic N) is 3. The predicted molar refractivity (Wildman–Crippen MR) is 81.0 cm³/mol. The van der Waals surface area contributed by atoms with Crippen LogP contribution < -0.4 is 0 Å². The van der Waals surface area contributed by atoms with Gasteiger partial charge in [-0.2, -0.15) is 8.42 Å². The third-order valence-corrected chi connectivity index (χ3v) is 5.40. The fourth-order valence-corrected chi connectivity index (χ4v) is 4.29. The molecule has 116 valence electrons. The summed E-state index contributed by atoms with van der Waals surface area (Å²) in [6.07, 6.45) is 4.45. The number of fused-ring (bicyclic) bond motifs is 6. The highest BCUT2D eigenvalue weighted by molar-refractivity contribution is 7.86. The van der Waals surface area contributed by atoms with Gasteiger partial charge in [-0.3, -0.25) is 9.97 Å². The van der Waals surface area contributed by atoms with Gasteiger partial charge in [0.15, 0.2) is 0 Å². The Kier molecular flexibility index (Phi) is 3.16. The van der Waals surface area contributed by atoms with Crippen LogP contribution in [-0.4, -0.2) is 48.7 Å². The molecule has 22 heavy (non-hydrogen) atoms. The van der Waals surface area contributed by atoms with Gasteiger partial charge in [-0.25, -0.2) is 0 Å². The van der Waals surface area contributed by atoms with Gasteiger partial charge in [0.2, 0.25) is 0 Å². The second kappa shape index (κ2) is 4.96. The molecule has 0 amide bonds. The quantitative estimate of drug-likeness (QED) is 0.807. The van der Waals surface area contributed by atoms with Crippen LogP contribution in [0.25, 0.3) is 11.0 Å². The second-order valence-electron chi connectivity index (χ2n) is 6.16. The van der Waals surface area contributed by atoms with E-state index < -0.39 is 16.0 Å². The number of hydrogen-bond acceptors (Lipinski definition) is 5. The summed E-state index contributed by atoms with van der Waals surface area (Å²) in [5.74, 6) is 0.332. The summed E-state index contributed by atoms with van der Waals surface area (Å²) in [6, 6.07) is 4.22. The molecule has 1 aromatic heterocycles. The first-order valence-electron chi connectivity index (χ1n) is 7.39. The molecule has 2 atom stereocenters. The summed E-state index contributed by atoms with van der Waals surface area (Å²) in [5, 5.41) is 0. The van der Waals surface area contributed by atoms with Gasteiger partial charge in [0, 0.05) is 32.0 Å². The van der Waals surface area contributed by atoms with E-state index in [4.69, 9.17) is 0 Å². The van der Waals surface area contributed by atoms with Crippen LogP contribution in [0.4, 0.5) is 3.89 Å². The molecule has 1 saturated heterocycles. The molecule has 0 radical (unpaired) electrons. The van der Waals surface area contributed by atoms with Gasteiger partial charge in [-0.15, -0.1) is 3.89 Å². The lowest BCUT2D eigenvalue weighted by Gasteiger charge is -2.31. The van der Waals surface area contributed by atoms with Crippen LogP contribution >= 0.6 is 0 Å². The first kappa shape index (κ1) is 14.0. The molecule has 0 saturated carbocycles. The molecule has 1 aliphatic heterocycles. The van der Waals surface area contributed by atoms with Gasteiger partial charge in [0.25, 0.3) is 0 Å². The van der Waals surface area contributed by atoms with Crippen molar-refractivity contribution in [3.8, 4) is 0 Å². The maximum atomic E-state index is 12.7. The molecule has 2 aromatic rings. The van der Waals surface area contributed by atoms with E-state index in [1.165, 1.54) is 11.1 Å². The van der Waals surface area contributed by atoms with Gasteiger partial charge in [0.05, 0.1) is 16.8 Å². The fourth-order valence-electron chi connectivity index (χ4n) is 3.81. The minimum absolute atomic E-state index is 0.260. The Morgan fingerprint density at radius 2 is 1.64 bits per heavy atom. The molecule has 1 aromatic carbocycles. The van der Waals surface area contributed by atoms with E-state index in [1.807, 2.05) is 0 Å². The molecule has 1 unspecified atom stereocenters. The van der Waals surface area contributed by atoms with Crippen LogP contribution in [0.15, 0.2) is 24.5 Å². The number of piperidine rings is 1. The minimum Gasteiger partial charge on any atom is -0.301 e. The Labute approximate surface area is 128 Å². The zero-order chi connectivity index (χ0) is 15.3. The lowest BCUT2D eigenvalue weighted by molar-refractivity contribution is 0.213. The Morgan fingerprint density at radius 3 is 2.14 bits per heavy atom. The Morgan fingerprint density at radius 1 is 1.09 bits per heavy atom. The summed E-state index contributed by atoms with van der Waals surface area (Å²) in [5.41, 5.74) is 4.38. The van der Waals surface area contributed by atoms with Gasteiger partial charge < -0.3 is 4.90 Å². The smallest absolute Gasteiger partial charge is 0.301 e. The van der Waals surface area contributed by atoms with E-state index in [1.54, 1.807) is 12.4 Å². The van der Waals surface area contributed by atoms with Crippen molar-refractivity contribution in [2.45, 2.75) is 18.3 Å². The molecule has 2 aliphatic rings. The summed E-state index contributed by atoms with van der Waals surface area (Å²) in [6.45, 7) is 1.82. The standard InChI is InChI=1S/C15H16FN3O2S/c16-22(20,21)4-3-19-8-10-5-11(9-19)13-7-15-14(6-12(10)13)17-1-2-18-15/h1-2,6-7,10-11H,3-5,8-9H2/t10-,11?/m0/s1. The molecule has 2 heterocycles. The molecule has 2 bridgehead atoms. The molecule has 0 spiro atoms. The normalized spacial score (nSPS) is 24.6. The molecule has 0 N–H and O–H groups in total. The lowest BCUT2D eigenvalue weighted by Crippen LogP contribution is -2.37. The number of benzene rings is 1. The van der Waals surface area contributed by atoms with E-state index in [2.05, 4.69) is 27.0 Å². The monoisotopic (exact) mass is 321 g/mol. The zero-order valence-corrected chi connectivity index (χ0v) is 12.8. The van der Waals surface area contributed by atoms with Crippen molar-refractivity contribution in [2.75, 3.05) is 25.4 Å². The fraction of sp³-hybridized carbons (Fsp3) is 0.467. The van der Waals surface area contributed by atoms with Crippen LogP contribution in [0.2, 0.25) is 0 Å². The summed E-state index contributed by atoms with van der Waals surface area (Å²) < 4.78 is 34.2. The highest BCUT2D eigenvalue weighted by Gasteiger charge is 2.38. The summed E-state index contributed by atoms with van der Waals surface area (Å²) in [7, 11) is -4.40. The molecule has 1 fully saturated rings. The summed E-state index contributed by atoms with van der Waals surface area (Å²) in [4.78, 5) is 10.8. The van der Waals surface area contributed by atoms with Crippen molar-refractivity contribution in [1.82, 2.24) is 14.9 Å². The van der Waals surface area contributed by atoms with Crippen molar-refractivity contribution in [1.29, 1.82) is 0 Å². The molecule has 4 rings (SSSR count). The largest absolute Gasteiger partial charge is 0.303 e. The van der Waals surface area contributed by atoms with Crippen molar-refractivity contribution in [3.63, 3.8) is 0 Å². The van der Waals surface area contributed by atoms with E-state index in [0.29, 0.717) is 11.8 Å². The average Bonchev–Trinajstić information content (AvgIpc) is 2.73. The SMILES string of the molecule is O=S(=O)(F)CCN1CC2C[C@@H](C1)c1cc3nccnc3cc12. The Hall–Kier alpha value is -1.60. The lowest BCUT2D eigenvalue weighted by atomic mass is 9.96. The first-order valence-corrected chi connectivity index (χ1v) is 8.94.